The highest BCUT2D eigenvalue weighted by molar-refractivity contribution is 4.79. The molecule has 0 aromatic rings. The van der Waals surface area contributed by atoms with Crippen LogP contribution in [0.25, 0.3) is 0 Å². The molecule has 1 aliphatic rings. The van der Waals surface area contributed by atoms with Crippen molar-refractivity contribution < 1.29 is 5.11 Å². The van der Waals surface area contributed by atoms with Crippen molar-refractivity contribution in [2.24, 2.45) is 0 Å². The number of hydrogen-bond acceptors (Lipinski definition) is 2. The molecule has 0 aromatic carbocycles. The zero-order chi connectivity index (χ0) is 8.27. The van der Waals surface area contributed by atoms with Crippen LogP contribution in [-0.2, 0) is 0 Å². The third-order valence-electron chi connectivity index (χ3n) is 2.32. The molecule has 2 N–H and O–H groups in total. The minimum atomic E-state index is -0.169. The molecule has 0 saturated heterocycles. The van der Waals surface area contributed by atoms with Gasteiger partial charge in [-0.05, 0) is 33.1 Å². The zero-order valence-corrected chi connectivity index (χ0v) is 7.51. The van der Waals surface area contributed by atoms with Gasteiger partial charge in [0, 0.05) is 12.1 Å². The summed E-state index contributed by atoms with van der Waals surface area (Å²) in [6.45, 7) is 3.99. The maximum atomic E-state index is 9.09. The molecule has 2 nitrogen and oxygen atoms in total. The maximum absolute atomic E-state index is 9.09. The first-order valence-electron chi connectivity index (χ1n) is 4.62. The summed E-state index contributed by atoms with van der Waals surface area (Å²) in [6.07, 6.45) is 4.72. The van der Waals surface area contributed by atoms with Gasteiger partial charge in [-0.2, -0.15) is 0 Å². The molecule has 0 bridgehead atoms. The van der Waals surface area contributed by atoms with Gasteiger partial charge in [0.2, 0.25) is 0 Å². The quantitative estimate of drug-likeness (QED) is 0.644. The van der Waals surface area contributed by atoms with Crippen molar-refractivity contribution in [2.75, 3.05) is 0 Å². The van der Waals surface area contributed by atoms with Crippen molar-refractivity contribution >= 4 is 0 Å². The van der Waals surface area contributed by atoms with E-state index in [0.29, 0.717) is 6.04 Å². The van der Waals surface area contributed by atoms with Gasteiger partial charge in [-0.1, -0.05) is 6.42 Å². The predicted molar refractivity (Wildman–Crippen MR) is 46.5 cm³/mol. The molecule has 11 heavy (non-hydrogen) atoms. The van der Waals surface area contributed by atoms with Crippen molar-refractivity contribution in [3.8, 4) is 0 Å². The fourth-order valence-electron chi connectivity index (χ4n) is 1.56. The second-order valence-corrected chi connectivity index (χ2v) is 3.78. The predicted octanol–water partition coefficient (Wildman–Crippen LogP) is 1.29. The molecule has 0 aliphatic heterocycles. The third kappa shape index (κ3) is 3.21. The minimum Gasteiger partial charge on any atom is -0.393 e. The van der Waals surface area contributed by atoms with Crippen LogP contribution >= 0.6 is 0 Å². The largest absolute Gasteiger partial charge is 0.393 e. The summed E-state index contributed by atoms with van der Waals surface area (Å²) in [7, 11) is 0. The summed E-state index contributed by atoms with van der Waals surface area (Å²) < 4.78 is 0. The Labute approximate surface area is 69.0 Å². The van der Waals surface area contributed by atoms with Crippen LogP contribution in [0.1, 0.15) is 39.5 Å². The van der Waals surface area contributed by atoms with Crippen LogP contribution < -0.4 is 5.32 Å². The molecule has 0 spiro atoms. The third-order valence-corrected chi connectivity index (χ3v) is 2.32. The molecule has 66 valence electrons. The second kappa shape index (κ2) is 4.07. The van der Waals surface area contributed by atoms with Gasteiger partial charge in [-0.15, -0.1) is 0 Å². The van der Waals surface area contributed by atoms with Gasteiger partial charge in [-0.3, -0.25) is 0 Å². The Hall–Kier alpha value is -0.0800. The van der Waals surface area contributed by atoms with E-state index in [2.05, 4.69) is 12.2 Å². The summed E-state index contributed by atoms with van der Waals surface area (Å²) in [5, 5.41) is 12.6. The van der Waals surface area contributed by atoms with Gasteiger partial charge in [-0.25, -0.2) is 0 Å². The highest BCUT2D eigenvalue weighted by atomic mass is 16.3. The summed E-state index contributed by atoms with van der Waals surface area (Å²) in [5.74, 6) is 0. The van der Waals surface area contributed by atoms with Gasteiger partial charge in [0.15, 0.2) is 0 Å². The number of aliphatic hydroxyl groups is 1. The first kappa shape index (κ1) is 9.01. The molecule has 2 unspecified atom stereocenters. The molecule has 1 saturated carbocycles. The van der Waals surface area contributed by atoms with E-state index in [0.717, 1.165) is 12.5 Å². The SMILES string of the molecule is CC(O)CC(C)NC1CCC1. The van der Waals surface area contributed by atoms with Crippen LogP contribution in [0.4, 0.5) is 0 Å². The van der Waals surface area contributed by atoms with Crippen molar-refractivity contribution in [1.82, 2.24) is 5.32 Å². The Morgan fingerprint density at radius 2 is 2.09 bits per heavy atom. The van der Waals surface area contributed by atoms with E-state index in [-0.39, 0.29) is 6.10 Å². The average Bonchev–Trinajstić information content (AvgIpc) is 1.77. The van der Waals surface area contributed by atoms with Gasteiger partial charge in [0.25, 0.3) is 0 Å². The minimum absolute atomic E-state index is 0.169. The second-order valence-electron chi connectivity index (χ2n) is 3.78. The van der Waals surface area contributed by atoms with Crippen LogP contribution in [-0.4, -0.2) is 23.3 Å². The Kier molecular flexibility index (Phi) is 3.34. The molecule has 1 fully saturated rings. The highest BCUT2D eigenvalue weighted by Gasteiger charge is 2.19. The lowest BCUT2D eigenvalue weighted by Crippen LogP contribution is -2.41. The van der Waals surface area contributed by atoms with E-state index in [1.54, 1.807) is 0 Å². The summed E-state index contributed by atoms with van der Waals surface area (Å²) in [5.41, 5.74) is 0. The van der Waals surface area contributed by atoms with Crippen LogP contribution in [0.2, 0.25) is 0 Å². The average molecular weight is 157 g/mol. The van der Waals surface area contributed by atoms with Gasteiger partial charge >= 0.3 is 0 Å². The molecule has 1 aliphatic carbocycles. The molecule has 0 heterocycles. The summed E-state index contributed by atoms with van der Waals surface area (Å²) in [6, 6.07) is 1.21. The van der Waals surface area contributed by atoms with Crippen molar-refractivity contribution in [1.29, 1.82) is 0 Å². The topological polar surface area (TPSA) is 32.3 Å². The Morgan fingerprint density at radius 3 is 2.45 bits per heavy atom. The normalized spacial score (nSPS) is 24.3. The first-order chi connectivity index (χ1) is 5.18. The number of aliphatic hydroxyl groups excluding tert-OH is 1. The highest BCUT2D eigenvalue weighted by Crippen LogP contribution is 2.19. The fraction of sp³-hybridized carbons (Fsp3) is 1.00. The van der Waals surface area contributed by atoms with Crippen molar-refractivity contribution in [3.05, 3.63) is 0 Å². The Morgan fingerprint density at radius 1 is 1.45 bits per heavy atom. The van der Waals surface area contributed by atoms with E-state index in [4.69, 9.17) is 5.11 Å². The molecular formula is C9H19NO. The Bertz CT molecular complexity index is 110. The van der Waals surface area contributed by atoms with Crippen LogP contribution in [0, 0.1) is 0 Å². The first-order valence-corrected chi connectivity index (χ1v) is 4.62. The zero-order valence-electron chi connectivity index (χ0n) is 7.51. The standard InChI is InChI=1S/C9H19NO/c1-7(6-8(2)11)10-9-4-3-5-9/h7-11H,3-6H2,1-2H3. The van der Waals surface area contributed by atoms with E-state index < -0.39 is 0 Å². The van der Waals surface area contributed by atoms with Gasteiger partial charge in [0.1, 0.15) is 0 Å². The lowest BCUT2D eigenvalue weighted by molar-refractivity contribution is 0.162. The molecular weight excluding hydrogens is 138 g/mol. The number of nitrogens with one attached hydrogen (secondary N) is 1. The summed E-state index contributed by atoms with van der Waals surface area (Å²) in [4.78, 5) is 0. The monoisotopic (exact) mass is 157 g/mol. The molecule has 0 radical (unpaired) electrons. The van der Waals surface area contributed by atoms with Crippen LogP contribution in [0.3, 0.4) is 0 Å². The van der Waals surface area contributed by atoms with Crippen molar-refractivity contribution in [2.45, 2.75) is 57.7 Å². The van der Waals surface area contributed by atoms with Gasteiger partial charge in [0.05, 0.1) is 6.10 Å². The smallest absolute Gasteiger partial charge is 0.0526 e. The van der Waals surface area contributed by atoms with E-state index in [1.807, 2.05) is 6.92 Å². The number of hydrogen-bond donors (Lipinski definition) is 2. The Balaban J connectivity index is 2.04. The lowest BCUT2D eigenvalue weighted by Gasteiger charge is -2.30. The molecule has 0 aromatic heterocycles. The van der Waals surface area contributed by atoms with Gasteiger partial charge < -0.3 is 10.4 Å². The fourth-order valence-corrected chi connectivity index (χ4v) is 1.56. The molecule has 1 rings (SSSR count). The summed E-state index contributed by atoms with van der Waals surface area (Å²) >= 11 is 0. The van der Waals surface area contributed by atoms with Crippen molar-refractivity contribution in [3.63, 3.8) is 0 Å². The van der Waals surface area contributed by atoms with Crippen LogP contribution in [0.15, 0.2) is 0 Å². The van der Waals surface area contributed by atoms with Crippen LogP contribution in [0.5, 0.6) is 0 Å². The number of rotatable bonds is 4. The van der Waals surface area contributed by atoms with E-state index in [9.17, 15) is 0 Å². The maximum Gasteiger partial charge on any atom is 0.0526 e. The van der Waals surface area contributed by atoms with E-state index in [1.165, 1.54) is 19.3 Å². The lowest BCUT2D eigenvalue weighted by atomic mass is 9.92. The molecule has 0 amide bonds. The molecule has 2 heteroatoms. The molecule has 2 atom stereocenters. The van der Waals surface area contributed by atoms with E-state index >= 15 is 0 Å².